The topological polar surface area (TPSA) is 114 Å². The number of aliphatic hydroxyl groups excluding tert-OH is 1. The quantitative estimate of drug-likeness (QED) is 0.635. The molecule has 1 atom stereocenters. The molecule has 8 nitrogen and oxygen atoms in total. The van der Waals surface area contributed by atoms with Crippen LogP contribution < -0.4 is 21.9 Å². The van der Waals surface area contributed by atoms with Crippen molar-refractivity contribution in [3.8, 4) is 0 Å². The number of nitrogens with two attached hydrogens (primary N) is 1. The van der Waals surface area contributed by atoms with E-state index < -0.39 is 11.2 Å². The molecule has 112 valence electrons. The molecule has 1 aromatic rings. The highest BCUT2D eigenvalue weighted by Gasteiger charge is 2.25. The normalized spacial score (nSPS) is 19.3. The van der Waals surface area contributed by atoms with E-state index in [0.717, 1.165) is 6.42 Å². The molecule has 1 aliphatic heterocycles. The number of H-pyrrole nitrogens is 1. The zero-order chi connectivity index (χ0) is 14.7. The van der Waals surface area contributed by atoms with Gasteiger partial charge in [-0.05, 0) is 6.42 Å². The fourth-order valence-electron chi connectivity index (χ4n) is 2.36. The zero-order valence-corrected chi connectivity index (χ0v) is 11.5. The Morgan fingerprint density at radius 3 is 2.90 bits per heavy atom. The number of rotatable bonds is 4. The Morgan fingerprint density at radius 2 is 2.25 bits per heavy atom. The Balaban J connectivity index is 2.43. The SMILES string of the molecule is CCCn1c(N)c(N2CCOC(CO)C2)c(=O)[nH]c1=O. The van der Waals surface area contributed by atoms with Gasteiger partial charge in [0, 0.05) is 19.6 Å². The van der Waals surface area contributed by atoms with E-state index in [0.29, 0.717) is 26.2 Å². The largest absolute Gasteiger partial charge is 0.394 e. The molecule has 8 heteroatoms. The van der Waals surface area contributed by atoms with Crippen LogP contribution in [0.25, 0.3) is 0 Å². The van der Waals surface area contributed by atoms with Gasteiger partial charge in [0.25, 0.3) is 5.56 Å². The molecule has 1 aliphatic rings. The first kappa shape index (κ1) is 14.6. The molecule has 0 bridgehead atoms. The summed E-state index contributed by atoms with van der Waals surface area (Å²) in [6, 6.07) is 0. The number of morpholine rings is 1. The van der Waals surface area contributed by atoms with Crippen LogP contribution in [0.3, 0.4) is 0 Å². The summed E-state index contributed by atoms with van der Waals surface area (Å²) in [6.45, 7) is 3.51. The number of nitrogens with one attached hydrogen (secondary N) is 1. The van der Waals surface area contributed by atoms with E-state index in [1.165, 1.54) is 4.57 Å². The van der Waals surface area contributed by atoms with Crippen LogP contribution in [0.2, 0.25) is 0 Å². The van der Waals surface area contributed by atoms with Crippen LogP contribution in [0.4, 0.5) is 11.5 Å². The summed E-state index contributed by atoms with van der Waals surface area (Å²) in [4.78, 5) is 27.8. The number of anilines is 2. The highest BCUT2D eigenvalue weighted by molar-refractivity contribution is 5.62. The van der Waals surface area contributed by atoms with Crippen LogP contribution in [0.1, 0.15) is 13.3 Å². The van der Waals surface area contributed by atoms with Gasteiger partial charge in [-0.1, -0.05) is 6.92 Å². The fraction of sp³-hybridized carbons (Fsp3) is 0.667. The maximum Gasteiger partial charge on any atom is 0.330 e. The lowest BCUT2D eigenvalue weighted by molar-refractivity contribution is 0.00351. The molecule has 1 saturated heterocycles. The molecule has 1 unspecified atom stereocenters. The Kier molecular flexibility index (Phi) is 4.46. The second kappa shape index (κ2) is 6.10. The molecule has 0 saturated carbocycles. The number of aromatic nitrogens is 2. The summed E-state index contributed by atoms with van der Waals surface area (Å²) >= 11 is 0. The second-order valence-corrected chi connectivity index (χ2v) is 4.77. The van der Waals surface area contributed by atoms with E-state index in [2.05, 4.69) is 4.98 Å². The minimum absolute atomic E-state index is 0.122. The van der Waals surface area contributed by atoms with Gasteiger partial charge < -0.3 is 20.5 Å². The molecule has 0 aromatic carbocycles. The first-order chi connectivity index (χ1) is 9.58. The van der Waals surface area contributed by atoms with Gasteiger partial charge in [0.2, 0.25) is 0 Å². The number of nitrogens with zero attached hydrogens (tertiary/aromatic N) is 2. The summed E-state index contributed by atoms with van der Waals surface area (Å²) in [7, 11) is 0. The molecule has 2 rings (SSSR count). The minimum atomic E-state index is -0.501. The molecule has 0 radical (unpaired) electrons. The third-order valence-electron chi connectivity index (χ3n) is 3.32. The Labute approximate surface area is 115 Å². The zero-order valence-electron chi connectivity index (χ0n) is 11.5. The molecule has 20 heavy (non-hydrogen) atoms. The van der Waals surface area contributed by atoms with Gasteiger partial charge in [-0.25, -0.2) is 4.79 Å². The molecule has 4 N–H and O–H groups in total. The molecular formula is C12H20N4O4. The van der Waals surface area contributed by atoms with Crippen LogP contribution in [-0.4, -0.2) is 47.1 Å². The van der Waals surface area contributed by atoms with Crippen molar-refractivity contribution in [1.29, 1.82) is 0 Å². The van der Waals surface area contributed by atoms with Crippen molar-refractivity contribution in [2.24, 2.45) is 0 Å². The number of hydrogen-bond donors (Lipinski definition) is 3. The summed E-state index contributed by atoms with van der Waals surface area (Å²) in [5.41, 5.74) is 5.27. The third kappa shape index (κ3) is 2.70. The van der Waals surface area contributed by atoms with E-state index in [4.69, 9.17) is 15.6 Å². The van der Waals surface area contributed by atoms with E-state index >= 15 is 0 Å². The minimum Gasteiger partial charge on any atom is -0.394 e. The van der Waals surface area contributed by atoms with Gasteiger partial charge in [-0.2, -0.15) is 0 Å². The van der Waals surface area contributed by atoms with Crippen LogP contribution in [0, 0.1) is 0 Å². The molecule has 2 heterocycles. The Hall–Kier alpha value is -1.80. The van der Waals surface area contributed by atoms with Gasteiger partial charge in [0.1, 0.15) is 11.5 Å². The van der Waals surface area contributed by atoms with Crippen LogP contribution in [0.5, 0.6) is 0 Å². The highest BCUT2D eigenvalue weighted by Crippen LogP contribution is 2.19. The van der Waals surface area contributed by atoms with Gasteiger partial charge >= 0.3 is 5.69 Å². The van der Waals surface area contributed by atoms with Gasteiger partial charge in [0.05, 0.1) is 19.3 Å². The first-order valence-electron chi connectivity index (χ1n) is 6.68. The smallest absolute Gasteiger partial charge is 0.330 e. The van der Waals surface area contributed by atoms with Crippen molar-refractivity contribution in [3.63, 3.8) is 0 Å². The average Bonchev–Trinajstić information content (AvgIpc) is 2.43. The lowest BCUT2D eigenvalue weighted by atomic mass is 10.2. The van der Waals surface area contributed by atoms with Crippen LogP contribution >= 0.6 is 0 Å². The first-order valence-corrected chi connectivity index (χ1v) is 6.68. The van der Waals surface area contributed by atoms with Crippen molar-refractivity contribution in [2.75, 3.05) is 36.9 Å². The predicted molar refractivity (Wildman–Crippen MR) is 75.1 cm³/mol. The second-order valence-electron chi connectivity index (χ2n) is 4.77. The molecule has 0 aliphatic carbocycles. The predicted octanol–water partition coefficient (Wildman–Crippen LogP) is -1.27. The summed E-state index contributed by atoms with van der Waals surface area (Å²) < 4.78 is 6.71. The van der Waals surface area contributed by atoms with Crippen molar-refractivity contribution in [2.45, 2.75) is 26.0 Å². The number of nitrogen functional groups attached to an aromatic ring is 1. The molecular weight excluding hydrogens is 264 g/mol. The molecule has 0 spiro atoms. The maximum atomic E-state index is 12.0. The van der Waals surface area contributed by atoms with Gasteiger partial charge in [0.15, 0.2) is 0 Å². The van der Waals surface area contributed by atoms with Crippen molar-refractivity contribution >= 4 is 11.5 Å². The van der Waals surface area contributed by atoms with E-state index in [1.807, 2.05) is 6.92 Å². The highest BCUT2D eigenvalue weighted by atomic mass is 16.5. The maximum absolute atomic E-state index is 12.0. The van der Waals surface area contributed by atoms with Gasteiger partial charge in [-0.15, -0.1) is 0 Å². The third-order valence-corrected chi connectivity index (χ3v) is 3.32. The van der Waals surface area contributed by atoms with E-state index in [-0.39, 0.29) is 24.2 Å². The van der Waals surface area contributed by atoms with Crippen LogP contribution in [0.15, 0.2) is 9.59 Å². The number of aromatic amines is 1. The number of hydrogen-bond acceptors (Lipinski definition) is 6. The Bertz CT molecular complexity index is 580. The summed E-state index contributed by atoms with van der Waals surface area (Å²) in [5.74, 6) is 0.166. The van der Waals surface area contributed by atoms with E-state index in [1.54, 1.807) is 4.90 Å². The molecule has 0 amide bonds. The summed E-state index contributed by atoms with van der Waals surface area (Å²) in [6.07, 6.45) is 0.381. The van der Waals surface area contributed by atoms with Crippen molar-refractivity contribution in [1.82, 2.24) is 9.55 Å². The Morgan fingerprint density at radius 1 is 1.50 bits per heavy atom. The standard InChI is InChI=1S/C12H20N4O4/c1-2-3-16-10(13)9(11(18)14-12(16)19)15-4-5-20-8(6-15)7-17/h8,17H,2-7,13H2,1H3,(H,14,18,19). The number of ether oxygens (including phenoxy) is 1. The van der Waals surface area contributed by atoms with Crippen LogP contribution in [-0.2, 0) is 11.3 Å². The monoisotopic (exact) mass is 284 g/mol. The van der Waals surface area contributed by atoms with E-state index in [9.17, 15) is 9.59 Å². The fourth-order valence-corrected chi connectivity index (χ4v) is 2.36. The molecule has 1 fully saturated rings. The molecule has 1 aromatic heterocycles. The van der Waals surface area contributed by atoms with Gasteiger partial charge in [-0.3, -0.25) is 14.3 Å². The van der Waals surface area contributed by atoms with Crippen molar-refractivity contribution < 1.29 is 9.84 Å². The summed E-state index contributed by atoms with van der Waals surface area (Å²) in [5, 5.41) is 9.15. The number of aliphatic hydroxyl groups is 1. The average molecular weight is 284 g/mol. The van der Waals surface area contributed by atoms with Crippen molar-refractivity contribution in [3.05, 3.63) is 20.8 Å². The lowest BCUT2D eigenvalue weighted by Gasteiger charge is -2.33. The lowest BCUT2D eigenvalue weighted by Crippen LogP contribution is -2.47.